The number of carbonyl (C=O) groups excluding carboxylic acids is 1. The van der Waals surface area contributed by atoms with Gasteiger partial charge >= 0.3 is 0 Å². The van der Waals surface area contributed by atoms with E-state index < -0.39 is 0 Å². The Morgan fingerprint density at radius 3 is 1.80 bits per heavy atom. The quantitative estimate of drug-likeness (QED) is 0.414. The standard InChI is InChI=1S/C7H14N2O/c1-6(2)7(10)9(5)8(3)4/h1H2,2-5H3. The Morgan fingerprint density at radius 1 is 1.30 bits per heavy atom. The van der Waals surface area contributed by atoms with Gasteiger partial charge in [0.2, 0.25) is 0 Å². The SMILES string of the molecule is C=C(C)C(=O)N(C)N(C)C. The van der Waals surface area contributed by atoms with Crippen molar-refractivity contribution in [1.82, 2.24) is 10.0 Å². The second-order valence-corrected chi connectivity index (χ2v) is 2.46. The maximum absolute atomic E-state index is 11.1. The minimum Gasteiger partial charge on any atom is -0.275 e. The number of hydrogen-bond donors (Lipinski definition) is 0. The molecule has 0 heterocycles. The van der Waals surface area contributed by atoms with E-state index in [1.165, 1.54) is 5.01 Å². The zero-order valence-corrected chi connectivity index (χ0v) is 7.01. The second kappa shape index (κ2) is 3.37. The molecular formula is C7H14N2O. The Kier molecular flexibility index (Phi) is 3.09. The average Bonchev–Trinajstić information content (AvgIpc) is 1.84. The number of amides is 1. The number of hydrazine groups is 1. The minimum atomic E-state index is -0.0509. The summed E-state index contributed by atoms with van der Waals surface area (Å²) in [7, 11) is 5.32. The summed E-state index contributed by atoms with van der Waals surface area (Å²) in [5, 5.41) is 3.21. The molecule has 0 unspecified atom stereocenters. The van der Waals surface area contributed by atoms with Crippen molar-refractivity contribution in [3.8, 4) is 0 Å². The molecule has 1 amide bonds. The molecule has 0 aromatic heterocycles. The molecule has 0 fully saturated rings. The highest BCUT2D eigenvalue weighted by atomic mass is 16.2. The lowest BCUT2D eigenvalue weighted by Crippen LogP contribution is -2.38. The fraction of sp³-hybridized carbons (Fsp3) is 0.571. The lowest BCUT2D eigenvalue weighted by molar-refractivity contribution is -0.137. The van der Waals surface area contributed by atoms with Crippen LogP contribution >= 0.6 is 0 Å². The third kappa shape index (κ3) is 2.19. The van der Waals surface area contributed by atoms with E-state index in [9.17, 15) is 4.79 Å². The maximum atomic E-state index is 11.1. The van der Waals surface area contributed by atoms with Gasteiger partial charge in [0, 0.05) is 26.7 Å². The van der Waals surface area contributed by atoms with Crippen molar-refractivity contribution >= 4 is 5.91 Å². The van der Waals surface area contributed by atoms with E-state index in [0.717, 1.165) is 0 Å². The summed E-state index contributed by atoms with van der Waals surface area (Å²) >= 11 is 0. The van der Waals surface area contributed by atoms with Crippen LogP contribution in [0.15, 0.2) is 12.2 Å². The van der Waals surface area contributed by atoms with Gasteiger partial charge in [-0.2, -0.15) is 0 Å². The van der Waals surface area contributed by atoms with Gasteiger partial charge in [0.1, 0.15) is 0 Å². The molecule has 3 heteroatoms. The molecule has 0 N–H and O–H groups in total. The number of hydrogen-bond acceptors (Lipinski definition) is 2. The Balaban J connectivity index is 4.08. The molecule has 0 saturated heterocycles. The van der Waals surface area contributed by atoms with Crippen LogP contribution in [0.2, 0.25) is 0 Å². The van der Waals surface area contributed by atoms with Crippen LogP contribution in [0.3, 0.4) is 0 Å². The number of likely N-dealkylation sites (N-methyl/N-ethyl adjacent to an activating group) is 1. The third-order valence-corrected chi connectivity index (χ3v) is 1.26. The van der Waals surface area contributed by atoms with Gasteiger partial charge in [-0.1, -0.05) is 6.58 Å². The van der Waals surface area contributed by atoms with Crippen molar-refractivity contribution < 1.29 is 4.79 Å². The molecule has 0 aliphatic carbocycles. The molecular weight excluding hydrogens is 128 g/mol. The van der Waals surface area contributed by atoms with Crippen LogP contribution in [0.4, 0.5) is 0 Å². The topological polar surface area (TPSA) is 23.6 Å². The van der Waals surface area contributed by atoms with Gasteiger partial charge in [0.15, 0.2) is 0 Å². The first kappa shape index (κ1) is 9.17. The third-order valence-electron chi connectivity index (χ3n) is 1.26. The van der Waals surface area contributed by atoms with Crippen LogP contribution in [0, 0.1) is 0 Å². The van der Waals surface area contributed by atoms with E-state index in [4.69, 9.17) is 0 Å². The molecule has 3 nitrogen and oxygen atoms in total. The molecule has 0 spiro atoms. The molecule has 0 radical (unpaired) electrons. The van der Waals surface area contributed by atoms with Gasteiger partial charge in [0.25, 0.3) is 5.91 Å². The van der Waals surface area contributed by atoms with E-state index in [0.29, 0.717) is 5.57 Å². The molecule has 0 aromatic carbocycles. The van der Waals surface area contributed by atoms with Gasteiger partial charge < -0.3 is 0 Å². The van der Waals surface area contributed by atoms with Crippen LogP contribution in [-0.2, 0) is 4.79 Å². The predicted molar refractivity (Wildman–Crippen MR) is 41.3 cm³/mol. The first-order valence-corrected chi connectivity index (χ1v) is 3.07. The molecule has 0 saturated carbocycles. The summed E-state index contributed by atoms with van der Waals surface area (Å²) in [4.78, 5) is 11.1. The predicted octanol–water partition coefficient (Wildman–Crippen LogP) is 0.498. The minimum absolute atomic E-state index is 0.0509. The lowest BCUT2D eigenvalue weighted by Gasteiger charge is -2.23. The summed E-state index contributed by atoms with van der Waals surface area (Å²) in [5.74, 6) is -0.0509. The Labute approximate surface area is 61.9 Å². The van der Waals surface area contributed by atoms with Crippen LogP contribution < -0.4 is 0 Å². The van der Waals surface area contributed by atoms with Crippen LogP contribution in [0.5, 0.6) is 0 Å². The van der Waals surface area contributed by atoms with E-state index in [1.807, 2.05) is 0 Å². The number of rotatable bonds is 2. The van der Waals surface area contributed by atoms with Gasteiger partial charge in [0.05, 0.1) is 0 Å². The van der Waals surface area contributed by atoms with Crippen molar-refractivity contribution in [3.05, 3.63) is 12.2 Å². The highest BCUT2D eigenvalue weighted by molar-refractivity contribution is 5.91. The highest BCUT2D eigenvalue weighted by Crippen LogP contribution is 1.95. The molecule has 0 bridgehead atoms. The lowest BCUT2D eigenvalue weighted by atomic mass is 10.3. The van der Waals surface area contributed by atoms with Crippen molar-refractivity contribution in [3.63, 3.8) is 0 Å². The largest absolute Gasteiger partial charge is 0.275 e. The van der Waals surface area contributed by atoms with Gasteiger partial charge in [-0.15, -0.1) is 0 Å². The zero-order valence-electron chi connectivity index (χ0n) is 7.01. The van der Waals surface area contributed by atoms with Crippen molar-refractivity contribution in [1.29, 1.82) is 0 Å². The van der Waals surface area contributed by atoms with E-state index in [-0.39, 0.29) is 5.91 Å². The number of nitrogens with zero attached hydrogens (tertiary/aromatic N) is 2. The summed E-state index contributed by atoms with van der Waals surface area (Å²) < 4.78 is 0. The zero-order chi connectivity index (χ0) is 8.31. The second-order valence-electron chi connectivity index (χ2n) is 2.46. The first-order chi connectivity index (χ1) is 4.46. The fourth-order valence-corrected chi connectivity index (χ4v) is 0.458. The Hall–Kier alpha value is -0.830. The first-order valence-electron chi connectivity index (χ1n) is 3.07. The average molecular weight is 142 g/mol. The van der Waals surface area contributed by atoms with Crippen molar-refractivity contribution in [2.75, 3.05) is 21.1 Å². The molecule has 10 heavy (non-hydrogen) atoms. The fourth-order valence-electron chi connectivity index (χ4n) is 0.458. The smallest absolute Gasteiger partial charge is 0.262 e. The maximum Gasteiger partial charge on any atom is 0.262 e. The number of carbonyl (C=O) groups is 1. The van der Waals surface area contributed by atoms with Crippen LogP contribution in [0.25, 0.3) is 0 Å². The highest BCUT2D eigenvalue weighted by Gasteiger charge is 2.09. The molecule has 0 aromatic rings. The molecule has 0 atom stereocenters. The molecule has 0 aliphatic rings. The molecule has 0 rings (SSSR count). The molecule has 58 valence electrons. The monoisotopic (exact) mass is 142 g/mol. The van der Waals surface area contributed by atoms with Gasteiger partial charge in [-0.05, 0) is 6.92 Å². The van der Waals surface area contributed by atoms with Crippen LogP contribution in [-0.4, -0.2) is 37.1 Å². The van der Waals surface area contributed by atoms with E-state index in [1.54, 1.807) is 33.1 Å². The summed E-state index contributed by atoms with van der Waals surface area (Å²) in [6.45, 7) is 5.24. The van der Waals surface area contributed by atoms with Gasteiger partial charge in [-0.25, -0.2) is 5.01 Å². The summed E-state index contributed by atoms with van der Waals surface area (Å²) in [6.07, 6.45) is 0. The Morgan fingerprint density at radius 2 is 1.70 bits per heavy atom. The summed E-state index contributed by atoms with van der Waals surface area (Å²) in [6, 6.07) is 0. The van der Waals surface area contributed by atoms with E-state index >= 15 is 0 Å². The van der Waals surface area contributed by atoms with E-state index in [2.05, 4.69) is 6.58 Å². The van der Waals surface area contributed by atoms with Crippen LogP contribution in [0.1, 0.15) is 6.92 Å². The van der Waals surface area contributed by atoms with Crippen molar-refractivity contribution in [2.24, 2.45) is 0 Å². The summed E-state index contributed by atoms with van der Waals surface area (Å²) in [5.41, 5.74) is 0.552. The normalized spacial score (nSPS) is 9.70. The molecule has 0 aliphatic heterocycles. The van der Waals surface area contributed by atoms with Gasteiger partial charge in [-0.3, -0.25) is 9.80 Å². The Bertz CT molecular complexity index is 152. The van der Waals surface area contributed by atoms with Crippen molar-refractivity contribution in [2.45, 2.75) is 6.92 Å².